The molecule has 24 heavy (non-hydrogen) atoms. The van der Waals surface area contributed by atoms with Crippen molar-refractivity contribution in [2.75, 3.05) is 12.3 Å². The molecule has 2 aromatic rings. The number of benzene rings is 1. The minimum Gasteiger partial charge on any atom is -0.384 e. The molecular weight excluding hydrogens is 324 g/mol. The van der Waals surface area contributed by atoms with Gasteiger partial charge in [0.2, 0.25) is 10.0 Å². The molecule has 1 aliphatic heterocycles. The van der Waals surface area contributed by atoms with E-state index in [0.29, 0.717) is 24.6 Å². The van der Waals surface area contributed by atoms with Crippen LogP contribution in [0.15, 0.2) is 36.4 Å². The molecule has 0 spiro atoms. The van der Waals surface area contributed by atoms with Crippen molar-refractivity contribution in [1.29, 1.82) is 0 Å². The van der Waals surface area contributed by atoms with Gasteiger partial charge in [-0.15, -0.1) is 0 Å². The molecule has 1 fully saturated rings. The Labute approximate surface area is 142 Å². The van der Waals surface area contributed by atoms with E-state index < -0.39 is 15.6 Å². The Balaban J connectivity index is 1.97. The van der Waals surface area contributed by atoms with E-state index in [-0.39, 0.29) is 5.75 Å². The quantitative estimate of drug-likeness (QED) is 0.917. The van der Waals surface area contributed by atoms with Crippen LogP contribution in [0.2, 0.25) is 0 Å². The Morgan fingerprint density at radius 1 is 1.25 bits per heavy atom. The SMILES string of the molecule is Cc1cc(N)nc(C2(C)CCCN2S(=O)(=O)Cc2ccccc2)n1. The first-order chi connectivity index (χ1) is 11.3. The fraction of sp³-hybridized carbons (Fsp3) is 0.412. The van der Waals surface area contributed by atoms with E-state index in [1.807, 2.05) is 44.2 Å². The van der Waals surface area contributed by atoms with Gasteiger partial charge in [-0.2, -0.15) is 4.31 Å². The molecule has 6 nitrogen and oxygen atoms in total. The van der Waals surface area contributed by atoms with Crippen molar-refractivity contribution in [3.8, 4) is 0 Å². The fourth-order valence-electron chi connectivity index (χ4n) is 3.30. The van der Waals surface area contributed by atoms with Crippen LogP contribution in [0.3, 0.4) is 0 Å². The van der Waals surface area contributed by atoms with Crippen molar-refractivity contribution in [2.24, 2.45) is 0 Å². The van der Waals surface area contributed by atoms with Gasteiger partial charge in [-0.25, -0.2) is 18.4 Å². The minimum absolute atomic E-state index is 0.0231. The van der Waals surface area contributed by atoms with Gasteiger partial charge in [-0.1, -0.05) is 30.3 Å². The number of hydrogen-bond acceptors (Lipinski definition) is 5. The zero-order valence-corrected chi connectivity index (χ0v) is 14.8. The molecule has 128 valence electrons. The molecule has 1 aromatic carbocycles. The normalized spacial score (nSPS) is 21.9. The van der Waals surface area contributed by atoms with Crippen LogP contribution in [0, 0.1) is 6.92 Å². The van der Waals surface area contributed by atoms with Gasteiger partial charge < -0.3 is 5.73 Å². The Morgan fingerprint density at radius 3 is 2.62 bits per heavy atom. The number of nitrogen functional groups attached to an aromatic ring is 1. The summed E-state index contributed by atoms with van der Waals surface area (Å²) in [6.45, 7) is 4.20. The van der Waals surface area contributed by atoms with Crippen LogP contribution < -0.4 is 5.73 Å². The van der Waals surface area contributed by atoms with E-state index in [9.17, 15) is 8.42 Å². The molecule has 1 unspecified atom stereocenters. The molecule has 2 N–H and O–H groups in total. The third kappa shape index (κ3) is 3.14. The second kappa shape index (κ2) is 6.14. The zero-order valence-electron chi connectivity index (χ0n) is 13.9. The van der Waals surface area contributed by atoms with Gasteiger partial charge in [-0.05, 0) is 32.3 Å². The van der Waals surface area contributed by atoms with E-state index >= 15 is 0 Å². The van der Waals surface area contributed by atoms with E-state index in [1.165, 1.54) is 0 Å². The lowest BCUT2D eigenvalue weighted by Crippen LogP contribution is -2.44. The third-order valence-corrected chi connectivity index (χ3v) is 6.41. The van der Waals surface area contributed by atoms with Crippen LogP contribution in [-0.2, 0) is 21.3 Å². The highest BCUT2D eigenvalue weighted by atomic mass is 32.2. The molecule has 0 bridgehead atoms. The summed E-state index contributed by atoms with van der Waals surface area (Å²) in [5.74, 6) is 0.824. The Hall–Kier alpha value is -1.99. The summed E-state index contributed by atoms with van der Waals surface area (Å²) in [4.78, 5) is 8.78. The molecule has 0 saturated carbocycles. The number of anilines is 1. The first-order valence-corrected chi connectivity index (χ1v) is 9.58. The van der Waals surface area contributed by atoms with Crippen LogP contribution in [0.1, 0.15) is 36.8 Å². The van der Waals surface area contributed by atoms with E-state index in [0.717, 1.165) is 17.7 Å². The highest BCUT2D eigenvalue weighted by molar-refractivity contribution is 7.88. The summed E-state index contributed by atoms with van der Waals surface area (Å²) in [5, 5.41) is 0. The van der Waals surface area contributed by atoms with Crippen molar-refractivity contribution < 1.29 is 8.42 Å². The van der Waals surface area contributed by atoms with E-state index in [4.69, 9.17) is 5.73 Å². The van der Waals surface area contributed by atoms with Crippen molar-refractivity contribution in [3.63, 3.8) is 0 Å². The van der Waals surface area contributed by atoms with Crippen LogP contribution in [0.5, 0.6) is 0 Å². The minimum atomic E-state index is -3.48. The maximum Gasteiger partial charge on any atom is 0.219 e. The molecule has 0 radical (unpaired) electrons. The summed E-state index contributed by atoms with van der Waals surface area (Å²) in [6, 6.07) is 10.9. The summed E-state index contributed by atoms with van der Waals surface area (Å²) >= 11 is 0. The molecule has 3 rings (SSSR count). The molecule has 0 aliphatic carbocycles. The van der Waals surface area contributed by atoms with Gasteiger partial charge in [0.25, 0.3) is 0 Å². The molecule has 1 atom stereocenters. The number of aromatic nitrogens is 2. The average molecular weight is 346 g/mol. The lowest BCUT2D eigenvalue weighted by atomic mass is 9.99. The molecule has 7 heteroatoms. The van der Waals surface area contributed by atoms with Crippen molar-refractivity contribution in [1.82, 2.24) is 14.3 Å². The molecular formula is C17H22N4O2S. The number of nitrogens with two attached hydrogens (primary N) is 1. The Kier molecular flexibility index (Phi) is 4.31. The molecule has 1 saturated heterocycles. The van der Waals surface area contributed by atoms with E-state index in [2.05, 4.69) is 9.97 Å². The predicted octanol–water partition coefficient (Wildman–Crippen LogP) is 2.21. The highest BCUT2D eigenvalue weighted by Gasteiger charge is 2.47. The summed E-state index contributed by atoms with van der Waals surface area (Å²) in [6.07, 6.45) is 1.46. The third-order valence-electron chi connectivity index (χ3n) is 4.46. The van der Waals surface area contributed by atoms with Gasteiger partial charge in [-0.3, -0.25) is 0 Å². The first-order valence-electron chi connectivity index (χ1n) is 7.97. The summed E-state index contributed by atoms with van der Waals surface area (Å²) < 4.78 is 27.5. The van der Waals surface area contributed by atoms with Crippen molar-refractivity contribution in [2.45, 2.75) is 38.0 Å². The van der Waals surface area contributed by atoms with Gasteiger partial charge in [0, 0.05) is 18.3 Å². The van der Waals surface area contributed by atoms with Crippen LogP contribution in [0.4, 0.5) is 5.82 Å². The number of rotatable bonds is 4. The van der Waals surface area contributed by atoms with Crippen LogP contribution >= 0.6 is 0 Å². The second-order valence-electron chi connectivity index (χ2n) is 6.45. The predicted molar refractivity (Wildman–Crippen MR) is 93.5 cm³/mol. The van der Waals surface area contributed by atoms with Gasteiger partial charge in [0.1, 0.15) is 5.82 Å². The van der Waals surface area contributed by atoms with Gasteiger partial charge >= 0.3 is 0 Å². The summed E-state index contributed by atoms with van der Waals surface area (Å²) in [5.41, 5.74) is 6.60. The highest BCUT2D eigenvalue weighted by Crippen LogP contribution is 2.39. The maximum atomic E-state index is 13.0. The average Bonchev–Trinajstić information content (AvgIpc) is 2.91. The second-order valence-corrected chi connectivity index (χ2v) is 8.34. The number of hydrogen-bond donors (Lipinski definition) is 1. The molecule has 1 aliphatic rings. The molecule has 0 amide bonds. The smallest absolute Gasteiger partial charge is 0.219 e. The number of nitrogens with zero attached hydrogens (tertiary/aromatic N) is 3. The maximum absolute atomic E-state index is 13.0. The van der Waals surface area contributed by atoms with Crippen molar-refractivity contribution >= 4 is 15.8 Å². The number of sulfonamides is 1. The van der Waals surface area contributed by atoms with Crippen molar-refractivity contribution in [3.05, 3.63) is 53.5 Å². The first kappa shape index (κ1) is 16.9. The van der Waals surface area contributed by atoms with Crippen LogP contribution in [0.25, 0.3) is 0 Å². The Bertz CT molecular complexity index is 819. The lowest BCUT2D eigenvalue weighted by Gasteiger charge is -2.33. The van der Waals surface area contributed by atoms with Gasteiger partial charge in [0.15, 0.2) is 5.82 Å². The monoisotopic (exact) mass is 346 g/mol. The summed E-state index contributed by atoms with van der Waals surface area (Å²) in [7, 11) is -3.48. The molecule has 2 heterocycles. The van der Waals surface area contributed by atoms with Crippen LogP contribution in [-0.4, -0.2) is 29.2 Å². The fourth-order valence-corrected chi connectivity index (χ4v) is 5.27. The lowest BCUT2D eigenvalue weighted by molar-refractivity contribution is 0.254. The topological polar surface area (TPSA) is 89.2 Å². The zero-order chi connectivity index (χ0) is 17.4. The standard InChI is InChI=1S/C17H22N4O2S/c1-13-11-15(18)20-16(19-13)17(2)9-6-10-21(17)24(22,23)12-14-7-4-3-5-8-14/h3-5,7-8,11H,6,9-10,12H2,1-2H3,(H2,18,19,20). The Morgan fingerprint density at radius 2 is 1.96 bits per heavy atom. The molecule has 1 aromatic heterocycles. The van der Waals surface area contributed by atoms with E-state index in [1.54, 1.807) is 10.4 Å². The van der Waals surface area contributed by atoms with Gasteiger partial charge in [0.05, 0.1) is 11.3 Å². The largest absolute Gasteiger partial charge is 0.384 e. The number of aryl methyl sites for hydroxylation is 1.